The number of aromatic nitrogens is 1. The minimum Gasteiger partial charge on any atom is -0.355 e. The number of likely N-dealkylation sites (N-methyl/N-ethyl adjacent to an activating group) is 1. The Bertz CT molecular complexity index is 716. The highest BCUT2D eigenvalue weighted by atomic mass is 32.2. The Morgan fingerprint density at radius 2 is 1.92 bits per heavy atom. The van der Waals surface area contributed by atoms with Gasteiger partial charge in [-0.25, -0.2) is 4.98 Å². The molecule has 0 aliphatic heterocycles. The van der Waals surface area contributed by atoms with Gasteiger partial charge >= 0.3 is 0 Å². The molecule has 6 heteroatoms. The Kier molecular flexibility index (Phi) is 6.37. The van der Waals surface area contributed by atoms with Crippen LogP contribution in [-0.4, -0.2) is 29.4 Å². The summed E-state index contributed by atoms with van der Waals surface area (Å²) in [5.74, 6) is -0.515. The van der Waals surface area contributed by atoms with Crippen molar-refractivity contribution in [2.75, 3.05) is 6.54 Å². The molecule has 0 bridgehead atoms. The quantitative estimate of drug-likeness (QED) is 0.846. The van der Waals surface area contributed by atoms with Gasteiger partial charge in [-0.2, -0.15) is 0 Å². The van der Waals surface area contributed by atoms with Gasteiger partial charge < -0.3 is 10.6 Å². The third-order valence-corrected chi connectivity index (χ3v) is 4.37. The second kappa shape index (κ2) is 8.49. The molecule has 2 rings (SSSR count). The standard InChI is InChI=1S/C18H21N3O2S/c1-4-19-16(22)13(3)21-17(23)15-6-5-11-20-18(15)24-14-9-7-12(2)8-10-14/h5-11,13H,4H2,1-3H3,(H,19,22)(H,21,23)/t13-/m0/s1. The van der Waals surface area contributed by atoms with Crippen LogP contribution in [0.1, 0.15) is 29.8 Å². The van der Waals surface area contributed by atoms with E-state index in [9.17, 15) is 9.59 Å². The normalized spacial score (nSPS) is 11.6. The van der Waals surface area contributed by atoms with E-state index in [0.29, 0.717) is 17.1 Å². The molecule has 0 aliphatic carbocycles. The van der Waals surface area contributed by atoms with Crippen molar-refractivity contribution in [1.29, 1.82) is 0 Å². The van der Waals surface area contributed by atoms with Crippen molar-refractivity contribution in [1.82, 2.24) is 15.6 Å². The number of carbonyl (C=O) groups is 2. The molecule has 0 saturated heterocycles. The maximum Gasteiger partial charge on any atom is 0.254 e. The molecule has 0 radical (unpaired) electrons. The van der Waals surface area contributed by atoms with E-state index in [2.05, 4.69) is 15.6 Å². The molecular formula is C18H21N3O2S. The van der Waals surface area contributed by atoms with Gasteiger partial charge in [0.25, 0.3) is 5.91 Å². The molecule has 126 valence electrons. The zero-order chi connectivity index (χ0) is 17.5. The van der Waals surface area contributed by atoms with Crippen LogP contribution in [0, 0.1) is 6.92 Å². The van der Waals surface area contributed by atoms with Gasteiger partial charge in [-0.1, -0.05) is 29.5 Å². The second-order valence-corrected chi connectivity index (χ2v) is 6.42. The third-order valence-electron chi connectivity index (χ3n) is 3.34. The number of hydrogen-bond donors (Lipinski definition) is 2. The van der Waals surface area contributed by atoms with E-state index in [1.165, 1.54) is 17.3 Å². The van der Waals surface area contributed by atoms with Crippen LogP contribution in [0.25, 0.3) is 0 Å². The molecule has 0 saturated carbocycles. The molecule has 2 N–H and O–H groups in total. The lowest BCUT2D eigenvalue weighted by Crippen LogP contribution is -2.44. The number of benzene rings is 1. The largest absolute Gasteiger partial charge is 0.355 e. The van der Waals surface area contributed by atoms with E-state index >= 15 is 0 Å². The first-order chi connectivity index (χ1) is 11.5. The zero-order valence-electron chi connectivity index (χ0n) is 14.0. The Morgan fingerprint density at radius 1 is 1.21 bits per heavy atom. The highest BCUT2D eigenvalue weighted by molar-refractivity contribution is 7.99. The molecule has 2 amide bonds. The smallest absolute Gasteiger partial charge is 0.254 e. The van der Waals surface area contributed by atoms with Crippen LogP contribution in [0.4, 0.5) is 0 Å². The van der Waals surface area contributed by atoms with Gasteiger partial charge in [-0.3, -0.25) is 9.59 Å². The Balaban J connectivity index is 2.14. The average Bonchev–Trinajstić information content (AvgIpc) is 2.57. The number of pyridine rings is 1. The predicted octanol–water partition coefficient (Wildman–Crippen LogP) is 2.80. The molecule has 0 unspecified atom stereocenters. The van der Waals surface area contributed by atoms with E-state index in [1.807, 2.05) is 38.1 Å². The van der Waals surface area contributed by atoms with Gasteiger partial charge in [0.2, 0.25) is 5.91 Å². The summed E-state index contributed by atoms with van der Waals surface area (Å²) < 4.78 is 0. The highest BCUT2D eigenvalue weighted by Gasteiger charge is 2.19. The first kappa shape index (κ1) is 18.0. The molecule has 1 heterocycles. The average molecular weight is 343 g/mol. The lowest BCUT2D eigenvalue weighted by molar-refractivity contribution is -0.122. The summed E-state index contributed by atoms with van der Waals surface area (Å²) in [4.78, 5) is 29.6. The minimum absolute atomic E-state index is 0.206. The summed E-state index contributed by atoms with van der Waals surface area (Å²) >= 11 is 1.42. The SMILES string of the molecule is CCNC(=O)[C@H](C)NC(=O)c1cccnc1Sc1ccc(C)cc1. The number of hydrogen-bond acceptors (Lipinski definition) is 4. The number of nitrogens with one attached hydrogen (secondary N) is 2. The summed E-state index contributed by atoms with van der Waals surface area (Å²) in [6, 6.07) is 10.8. The van der Waals surface area contributed by atoms with Crippen molar-refractivity contribution in [3.63, 3.8) is 0 Å². The predicted molar refractivity (Wildman–Crippen MR) is 95.2 cm³/mol. The van der Waals surface area contributed by atoms with Gasteiger partial charge in [0, 0.05) is 17.6 Å². The number of rotatable bonds is 6. The second-order valence-electron chi connectivity index (χ2n) is 5.36. The lowest BCUT2D eigenvalue weighted by Gasteiger charge is -2.14. The van der Waals surface area contributed by atoms with E-state index in [1.54, 1.807) is 25.3 Å². The molecule has 0 fully saturated rings. The Morgan fingerprint density at radius 3 is 2.58 bits per heavy atom. The van der Waals surface area contributed by atoms with Crippen molar-refractivity contribution in [3.05, 3.63) is 53.7 Å². The van der Waals surface area contributed by atoms with Gasteiger partial charge in [0.1, 0.15) is 11.1 Å². The molecule has 1 aromatic heterocycles. The fraction of sp³-hybridized carbons (Fsp3) is 0.278. The van der Waals surface area contributed by atoms with Crippen LogP contribution in [-0.2, 0) is 4.79 Å². The van der Waals surface area contributed by atoms with E-state index in [0.717, 1.165) is 4.90 Å². The molecule has 2 aromatic rings. The molecule has 1 atom stereocenters. The van der Waals surface area contributed by atoms with Crippen LogP contribution in [0.5, 0.6) is 0 Å². The van der Waals surface area contributed by atoms with Crippen LogP contribution >= 0.6 is 11.8 Å². The van der Waals surface area contributed by atoms with Gasteiger partial charge in [-0.05, 0) is 45.0 Å². The van der Waals surface area contributed by atoms with Gasteiger partial charge in [-0.15, -0.1) is 0 Å². The van der Waals surface area contributed by atoms with Crippen molar-refractivity contribution >= 4 is 23.6 Å². The lowest BCUT2D eigenvalue weighted by atomic mass is 10.2. The topological polar surface area (TPSA) is 71.1 Å². The fourth-order valence-corrected chi connectivity index (χ4v) is 2.91. The summed E-state index contributed by atoms with van der Waals surface area (Å²) in [6.07, 6.45) is 1.65. The summed E-state index contributed by atoms with van der Waals surface area (Å²) in [7, 11) is 0. The molecule has 0 aliphatic rings. The number of aryl methyl sites for hydroxylation is 1. The first-order valence-electron chi connectivity index (χ1n) is 7.79. The first-order valence-corrected chi connectivity index (χ1v) is 8.61. The van der Waals surface area contributed by atoms with Crippen LogP contribution in [0.15, 0.2) is 52.5 Å². The number of amides is 2. The van der Waals surface area contributed by atoms with Crippen LogP contribution in [0.2, 0.25) is 0 Å². The van der Waals surface area contributed by atoms with Crippen molar-refractivity contribution in [2.45, 2.75) is 36.7 Å². The maximum atomic E-state index is 12.5. The van der Waals surface area contributed by atoms with Gasteiger partial charge in [0.05, 0.1) is 5.56 Å². The highest BCUT2D eigenvalue weighted by Crippen LogP contribution is 2.28. The molecule has 1 aromatic carbocycles. The number of carbonyl (C=O) groups excluding carboxylic acids is 2. The van der Waals surface area contributed by atoms with Gasteiger partial charge in [0.15, 0.2) is 0 Å². The Hall–Kier alpha value is -2.34. The monoisotopic (exact) mass is 343 g/mol. The summed E-state index contributed by atoms with van der Waals surface area (Å²) in [6.45, 7) is 6.05. The van der Waals surface area contributed by atoms with E-state index in [-0.39, 0.29) is 11.8 Å². The molecule has 24 heavy (non-hydrogen) atoms. The van der Waals surface area contributed by atoms with Crippen LogP contribution < -0.4 is 10.6 Å². The van der Waals surface area contributed by atoms with Crippen molar-refractivity contribution < 1.29 is 9.59 Å². The molecular weight excluding hydrogens is 322 g/mol. The van der Waals surface area contributed by atoms with Crippen molar-refractivity contribution in [2.24, 2.45) is 0 Å². The minimum atomic E-state index is -0.602. The molecule has 5 nitrogen and oxygen atoms in total. The maximum absolute atomic E-state index is 12.5. The Labute approximate surface area is 146 Å². The van der Waals surface area contributed by atoms with Crippen molar-refractivity contribution in [3.8, 4) is 0 Å². The summed E-state index contributed by atoms with van der Waals surface area (Å²) in [5.41, 5.74) is 1.63. The molecule has 0 spiro atoms. The summed E-state index contributed by atoms with van der Waals surface area (Å²) in [5, 5.41) is 6.01. The number of nitrogens with zero attached hydrogens (tertiary/aromatic N) is 1. The van der Waals surface area contributed by atoms with Crippen LogP contribution in [0.3, 0.4) is 0 Å². The zero-order valence-corrected chi connectivity index (χ0v) is 14.8. The fourth-order valence-electron chi connectivity index (χ4n) is 2.03. The van der Waals surface area contributed by atoms with E-state index in [4.69, 9.17) is 0 Å². The third kappa shape index (κ3) is 4.83. The van der Waals surface area contributed by atoms with E-state index < -0.39 is 6.04 Å².